The van der Waals surface area contributed by atoms with Gasteiger partial charge in [0.15, 0.2) is 11.6 Å². The third kappa shape index (κ3) is 2.92. The molecule has 1 spiro atoms. The van der Waals surface area contributed by atoms with Crippen molar-refractivity contribution in [2.75, 3.05) is 18.8 Å². The van der Waals surface area contributed by atoms with Gasteiger partial charge in [0.25, 0.3) is 0 Å². The van der Waals surface area contributed by atoms with Crippen molar-refractivity contribution in [3.63, 3.8) is 0 Å². The van der Waals surface area contributed by atoms with Crippen LogP contribution in [-0.4, -0.2) is 27.9 Å². The van der Waals surface area contributed by atoms with Crippen LogP contribution in [0.25, 0.3) is 11.3 Å². The van der Waals surface area contributed by atoms with Crippen LogP contribution in [0.2, 0.25) is 0 Å². The fourth-order valence-corrected chi connectivity index (χ4v) is 4.28. The molecule has 28 heavy (non-hydrogen) atoms. The average Bonchev–Trinajstić information content (AvgIpc) is 3.40. The first-order chi connectivity index (χ1) is 13.6. The van der Waals surface area contributed by atoms with Crippen molar-refractivity contribution >= 4 is 5.82 Å². The minimum absolute atomic E-state index is 0.212. The molecule has 0 bridgehead atoms. The number of rotatable bonds is 4. The van der Waals surface area contributed by atoms with Gasteiger partial charge in [-0.3, -0.25) is 4.68 Å². The van der Waals surface area contributed by atoms with Crippen molar-refractivity contribution in [3.05, 3.63) is 59.7 Å². The number of nitrogens with zero attached hydrogens (tertiary/aromatic N) is 3. The molecule has 3 aromatic rings. The molecule has 1 saturated heterocycles. The van der Waals surface area contributed by atoms with E-state index in [4.69, 9.17) is 15.6 Å². The van der Waals surface area contributed by atoms with Gasteiger partial charge >= 0.3 is 0 Å². The number of fused-ring (bicyclic) bond motifs is 2. The fourth-order valence-electron chi connectivity index (χ4n) is 4.28. The third-order valence-electron chi connectivity index (χ3n) is 5.83. The Kier molecular flexibility index (Phi) is 4.05. The highest BCUT2D eigenvalue weighted by atomic mass is 19.1. The van der Waals surface area contributed by atoms with E-state index in [9.17, 15) is 4.39 Å². The van der Waals surface area contributed by atoms with Gasteiger partial charge in [0.1, 0.15) is 12.4 Å². The molecular weight excluding hydrogens is 357 g/mol. The molecule has 0 saturated carbocycles. The topological polar surface area (TPSA) is 78.0 Å². The number of anilines is 1. The van der Waals surface area contributed by atoms with Crippen molar-refractivity contribution in [2.45, 2.75) is 31.4 Å². The van der Waals surface area contributed by atoms with Crippen LogP contribution >= 0.6 is 0 Å². The van der Waals surface area contributed by atoms with Crippen LogP contribution in [0, 0.1) is 5.82 Å². The summed E-state index contributed by atoms with van der Waals surface area (Å²) in [6.45, 7) is 3.24. The highest BCUT2D eigenvalue weighted by Gasteiger charge is 2.42. The summed E-state index contributed by atoms with van der Waals surface area (Å²) >= 11 is 0. The molecule has 2 aliphatic heterocycles. The van der Waals surface area contributed by atoms with E-state index in [2.05, 4.69) is 21.0 Å². The molecule has 5 rings (SSSR count). The molecule has 1 fully saturated rings. The largest absolute Gasteiger partial charge is 0.485 e. The van der Waals surface area contributed by atoms with Crippen LogP contribution in [-0.2, 0) is 18.6 Å². The van der Waals surface area contributed by atoms with Gasteiger partial charge in [-0.25, -0.2) is 9.37 Å². The zero-order chi connectivity index (χ0) is 19.1. The number of nitrogens with one attached hydrogen (secondary N) is 1. The highest BCUT2D eigenvalue weighted by molar-refractivity contribution is 5.64. The van der Waals surface area contributed by atoms with Gasteiger partial charge in [0.05, 0.1) is 5.69 Å². The summed E-state index contributed by atoms with van der Waals surface area (Å²) in [6, 6.07) is 10.4. The van der Waals surface area contributed by atoms with Gasteiger partial charge in [0.2, 0.25) is 0 Å². The average molecular weight is 379 g/mol. The van der Waals surface area contributed by atoms with Gasteiger partial charge in [-0.1, -0.05) is 12.1 Å². The lowest BCUT2D eigenvalue weighted by molar-refractivity contribution is 0.306. The van der Waals surface area contributed by atoms with Gasteiger partial charge in [-0.15, -0.1) is 0 Å². The molecule has 0 aliphatic carbocycles. The summed E-state index contributed by atoms with van der Waals surface area (Å²) < 4.78 is 21.3. The summed E-state index contributed by atoms with van der Waals surface area (Å²) in [5.41, 5.74) is 9.98. The summed E-state index contributed by atoms with van der Waals surface area (Å²) in [5, 5.41) is 8.26. The van der Waals surface area contributed by atoms with E-state index < -0.39 is 0 Å². The quantitative estimate of drug-likeness (QED) is 0.729. The smallest absolute Gasteiger partial charge is 0.166 e. The lowest BCUT2D eigenvalue weighted by Gasteiger charge is -2.20. The van der Waals surface area contributed by atoms with Crippen LogP contribution in [0.4, 0.5) is 10.2 Å². The van der Waals surface area contributed by atoms with Gasteiger partial charge in [-0.05, 0) is 49.2 Å². The maximum Gasteiger partial charge on any atom is 0.166 e. The van der Waals surface area contributed by atoms with E-state index in [1.807, 2.05) is 12.1 Å². The summed E-state index contributed by atoms with van der Waals surface area (Å²) in [6.07, 6.45) is 4.02. The van der Waals surface area contributed by atoms with Crippen LogP contribution in [0.1, 0.15) is 24.1 Å². The number of ether oxygens (including phenoxy) is 1. The van der Waals surface area contributed by atoms with Crippen LogP contribution in [0.3, 0.4) is 0 Å². The second-order valence-corrected chi connectivity index (χ2v) is 7.62. The molecule has 7 heteroatoms. The van der Waals surface area contributed by atoms with Crippen LogP contribution < -0.4 is 15.8 Å². The molecule has 2 aliphatic rings. The molecule has 144 valence electrons. The lowest BCUT2D eigenvalue weighted by atomic mass is 9.82. The molecule has 0 amide bonds. The molecule has 1 aromatic carbocycles. The predicted molar refractivity (Wildman–Crippen MR) is 104 cm³/mol. The minimum atomic E-state index is -0.288. The van der Waals surface area contributed by atoms with E-state index >= 15 is 0 Å². The van der Waals surface area contributed by atoms with Crippen molar-refractivity contribution in [3.8, 4) is 17.0 Å². The van der Waals surface area contributed by atoms with Crippen molar-refractivity contribution in [2.24, 2.45) is 0 Å². The Morgan fingerprint density at radius 2 is 2.18 bits per heavy atom. The molecule has 4 heterocycles. The second-order valence-electron chi connectivity index (χ2n) is 7.62. The Labute approximate surface area is 162 Å². The first-order valence-corrected chi connectivity index (χ1v) is 9.55. The monoisotopic (exact) mass is 379 g/mol. The van der Waals surface area contributed by atoms with Crippen molar-refractivity contribution in [1.82, 2.24) is 20.1 Å². The second kappa shape index (κ2) is 6.60. The van der Waals surface area contributed by atoms with Gasteiger partial charge in [0, 0.05) is 36.0 Å². The molecule has 0 unspecified atom stereocenters. The predicted octanol–water partition coefficient (Wildman–Crippen LogP) is 2.88. The first kappa shape index (κ1) is 17.2. The number of nitrogen functional groups attached to an aromatic ring is 1. The van der Waals surface area contributed by atoms with E-state index in [1.165, 1.54) is 17.8 Å². The summed E-state index contributed by atoms with van der Waals surface area (Å²) in [7, 11) is 0. The number of hydrogen-bond acceptors (Lipinski definition) is 5. The molecule has 2 aromatic heterocycles. The zero-order valence-corrected chi connectivity index (χ0v) is 15.5. The lowest BCUT2D eigenvalue weighted by Crippen LogP contribution is -2.25. The number of nitrogens with two attached hydrogens (primary N) is 1. The summed E-state index contributed by atoms with van der Waals surface area (Å²) in [4.78, 5) is 4.27. The minimum Gasteiger partial charge on any atom is -0.485 e. The normalized spacial score (nSPS) is 20.6. The fraction of sp³-hybridized carbons (Fsp3) is 0.333. The first-order valence-electron chi connectivity index (χ1n) is 9.55. The van der Waals surface area contributed by atoms with E-state index in [0.29, 0.717) is 11.6 Å². The third-order valence-corrected chi connectivity index (χ3v) is 5.83. The SMILES string of the molecule is Nc1ncc(-c2cc3n(n2)CC[C@@]32CCNC2)cc1OCc1cccc(F)c1. The number of halogens is 1. The molecule has 6 nitrogen and oxygen atoms in total. The number of aromatic nitrogens is 3. The Balaban J connectivity index is 1.40. The zero-order valence-electron chi connectivity index (χ0n) is 15.5. The number of benzene rings is 1. The Bertz CT molecular complexity index is 1030. The van der Waals surface area contributed by atoms with E-state index in [0.717, 1.165) is 49.3 Å². The van der Waals surface area contributed by atoms with Gasteiger partial charge in [-0.2, -0.15) is 5.10 Å². The van der Waals surface area contributed by atoms with E-state index in [1.54, 1.807) is 12.3 Å². The number of hydrogen-bond donors (Lipinski definition) is 2. The molecular formula is C21H22FN5O. The Hall–Kier alpha value is -2.93. The van der Waals surface area contributed by atoms with Gasteiger partial charge < -0.3 is 15.8 Å². The molecule has 1 atom stereocenters. The van der Waals surface area contributed by atoms with Crippen molar-refractivity contribution in [1.29, 1.82) is 0 Å². The molecule has 3 N–H and O–H groups in total. The maximum atomic E-state index is 13.4. The molecule has 0 radical (unpaired) electrons. The van der Waals surface area contributed by atoms with Crippen LogP contribution in [0.15, 0.2) is 42.6 Å². The highest BCUT2D eigenvalue weighted by Crippen LogP contribution is 2.41. The van der Waals surface area contributed by atoms with Crippen molar-refractivity contribution < 1.29 is 9.13 Å². The maximum absolute atomic E-state index is 13.4. The Morgan fingerprint density at radius 1 is 1.25 bits per heavy atom. The van der Waals surface area contributed by atoms with Crippen LogP contribution in [0.5, 0.6) is 5.75 Å². The Morgan fingerprint density at radius 3 is 3.00 bits per heavy atom. The number of aryl methyl sites for hydroxylation is 1. The standard InChI is InChI=1S/C21H22FN5O/c22-16-3-1-2-14(8-16)12-28-18-9-15(11-25-20(18)23)17-10-19-21(4-6-24-13-21)5-7-27(19)26-17/h1-3,8-11,24H,4-7,12-13H2,(H2,23,25)/t21-/m1/s1. The number of pyridine rings is 1. The summed E-state index contributed by atoms with van der Waals surface area (Å²) in [5.74, 6) is 0.499. The van der Waals surface area contributed by atoms with E-state index in [-0.39, 0.29) is 17.8 Å².